The average molecular weight is 305 g/mol. The molecule has 1 aromatic carbocycles. The number of nitrogens with zero attached hydrogens (tertiary/aromatic N) is 3. The van der Waals surface area contributed by atoms with E-state index in [4.69, 9.17) is 0 Å². The fourth-order valence-corrected chi connectivity index (χ4v) is 3.59. The molecule has 1 fully saturated rings. The number of carbonyl (C=O) groups excluding carboxylic acids is 1. The molecule has 0 bridgehead atoms. The van der Waals surface area contributed by atoms with Crippen LogP contribution in [0, 0.1) is 5.82 Å². The van der Waals surface area contributed by atoms with Crippen molar-refractivity contribution in [3.63, 3.8) is 0 Å². The molecule has 0 spiro atoms. The van der Waals surface area contributed by atoms with Crippen LogP contribution < -0.4 is 0 Å². The highest BCUT2D eigenvalue weighted by Crippen LogP contribution is 2.31. The minimum atomic E-state index is -0.275. The van der Waals surface area contributed by atoms with Crippen molar-refractivity contribution in [1.82, 2.24) is 14.8 Å². The Morgan fingerprint density at radius 3 is 2.71 bits per heavy atom. The van der Waals surface area contributed by atoms with Crippen LogP contribution in [-0.4, -0.2) is 25.8 Å². The molecule has 1 atom stereocenters. The van der Waals surface area contributed by atoms with Gasteiger partial charge in [0.05, 0.1) is 5.25 Å². The summed E-state index contributed by atoms with van der Waals surface area (Å²) in [6.07, 6.45) is 3.66. The summed E-state index contributed by atoms with van der Waals surface area (Å²) < 4.78 is 14.8. The second-order valence-electron chi connectivity index (χ2n) is 5.19. The molecular formula is C15H16FN3OS. The van der Waals surface area contributed by atoms with Crippen LogP contribution in [0.5, 0.6) is 0 Å². The molecule has 1 heterocycles. The molecular weight excluding hydrogens is 289 g/mol. The second-order valence-corrected chi connectivity index (χ2v) is 6.36. The lowest BCUT2D eigenvalue weighted by atomic mass is 9.99. The number of hydrogen-bond acceptors (Lipinski definition) is 4. The van der Waals surface area contributed by atoms with Crippen LogP contribution in [0.3, 0.4) is 0 Å². The van der Waals surface area contributed by atoms with E-state index < -0.39 is 0 Å². The molecule has 0 amide bonds. The first-order valence-electron chi connectivity index (χ1n) is 7.00. The average Bonchev–Trinajstić information content (AvgIpc) is 2.84. The van der Waals surface area contributed by atoms with Crippen molar-refractivity contribution in [3.8, 4) is 11.4 Å². The topological polar surface area (TPSA) is 47.8 Å². The van der Waals surface area contributed by atoms with Crippen LogP contribution in [0.15, 0.2) is 29.4 Å². The van der Waals surface area contributed by atoms with Crippen molar-refractivity contribution in [2.24, 2.45) is 7.05 Å². The van der Waals surface area contributed by atoms with Crippen molar-refractivity contribution in [2.45, 2.75) is 36.1 Å². The molecule has 0 N–H and O–H groups in total. The van der Waals surface area contributed by atoms with E-state index in [-0.39, 0.29) is 11.1 Å². The lowest BCUT2D eigenvalue weighted by Crippen LogP contribution is -2.21. The van der Waals surface area contributed by atoms with E-state index in [1.165, 1.54) is 23.9 Å². The van der Waals surface area contributed by atoms with Gasteiger partial charge in [-0.2, -0.15) is 0 Å². The van der Waals surface area contributed by atoms with E-state index in [1.54, 1.807) is 12.1 Å². The van der Waals surface area contributed by atoms with Crippen molar-refractivity contribution in [1.29, 1.82) is 0 Å². The van der Waals surface area contributed by atoms with Crippen LogP contribution in [0.2, 0.25) is 0 Å². The van der Waals surface area contributed by atoms with Gasteiger partial charge in [-0.3, -0.25) is 4.79 Å². The molecule has 110 valence electrons. The van der Waals surface area contributed by atoms with E-state index in [0.717, 1.165) is 30.0 Å². The first-order chi connectivity index (χ1) is 10.1. The highest BCUT2D eigenvalue weighted by molar-refractivity contribution is 8.00. The summed E-state index contributed by atoms with van der Waals surface area (Å²) in [5.41, 5.74) is 0.813. The summed E-state index contributed by atoms with van der Waals surface area (Å²) in [4.78, 5) is 11.9. The van der Waals surface area contributed by atoms with Crippen LogP contribution >= 0.6 is 11.8 Å². The number of carbonyl (C=O) groups is 1. The van der Waals surface area contributed by atoms with E-state index in [1.807, 2.05) is 11.6 Å². The molecule has 4 nitrogen and oxygen atoms in total. The third kappa shape index (κ3) is 3.00. The molecule has 0 saturated heterocycles. The third-order valence-corrected chi connectivity index (χ3v) is 5.03. The molecule has 1 aromatic heterocycles. The highest BCUT2D eigenvalue weighted by atomic mass is 32.2. The first-order valence-corrected chi connectivity index (χ1v) is 7.88. The van der Waals surface area contributed by atoms with Gasteiger partial charge in [-0.25, -0.2) is 4.39 Å². The minimum absolute atomic E-state index is 0.0114. The summed E-state index contributed by atoms with van der Waals surface area (Å²) in [7, 11) is 1.87. The van der Waals surface area contributed by atoms with Crippen LogP contribution in [0.1, 0.15) is 25.7 Å². The maximum Gasteiger partial charge on any atom is 0.191 e. The van der Waals surface area contributed by atoms with Crippen LogP contribution in [0.25, 0.3) is 11.4 Å². The zero-order valence-corrected chi connectivity index (χ0v) is 12.6. The Kier molecular flexibility index (Phi) is 4.05. The maximum absolute atomic E-state index is 13.0. The fraction of sp³-hybridized carbons (Fsp3) is 0.400. The molecule has 0 unspecified atom stereocenters. The van der Waals surface area contributed by atoms with Gasteiger partial charge in [0.15, 0.2) is 11.0 Å². The Labute approximate surface area is 126 Å². The van der Waals surface area contributed by atoms with Gasteiger partial charge in [-0.1, -0.05) is 18.2 Å². The number of aromatic nitrogens is 3. The largest absolute Gasteiger partial charge is 0.305 e. The number of ketones is 1. The second kappa shape index (κ2) is 5.97. The van der Waals surface area contributed by atoms with Crippen molar-refractivity contribution in [3.05, 3.63) is 30.1 Å². The number of benzene rings is 1. The lowest BCUT2D eigenvalue weighted by molar-refractivity contribution is -0.119. The van der Waals surface area contributed by atoms with Gasteiger partial charge in [-0.05, 0) is 37.1 Å². The van der Waals surface area contributed by atoms with Gasteiger partial charge in [0.1, 0.15) is 11.6 Å². The van der Waals surface area contributed by atoms with Gasteiger partial charge >= 0.3 is 0 Å². The number of halogens is 1. The normalized spacial score (nSPS) is 19.0. The lowest BCUT2D eigenvalue weighted by Gasteiger charge is -2.19. The summed E-state index contributed by atoms with van der Waals surface area (Å²) in [5.74, 6) is 0.710. The summed E-state index contributed by atoms with van der Waals surface area (Å²) in [6, 6.07) is 6.17. The first kappa shape index (κ1) is 14.3. The van der Waals surface area contributed by atoms with Crippen LogP contribution in [0.4, 0.5) is 4.39 Å². The van der Waals surface area contributed by atoms with Gasteiger partial charge in [0, 0.05) is 19.0 Å². The Balaban J connectivity index is 1.82. The predicted octanol–water partition coefficient (Wildman–Crippen LogP) is 3.23. The van der Waals surface area contributed by atoms with Gasteiger partial charge in [-0.15, -0.1) is 10.2 Å². The van der Waals surface area contributed by atoms with Gasteiger partial charge in [0.2, 0.25) is 0 Å². The molecule has 2 aromatic rings. The van der Waals surface area contributed by atoms with Crippen molar-refractivity contribution in [2.75, 3.05) is 0 Å². The van der Waals surface area contributed by atoms with Crippen LogP contribution in [-0.2, 0) is 11.8 Å². The van der Waals surface area contributed by atoms with Crippen molar-refractivity contribution >= 4 is 17.5 Å². The molecule has 3 rings (SSSR count). The van der Waals surface area contributed by atoms with Crippen molar-refractivity contribution < 1.29 is 9.18 Å². The monoisotopic (exact) mass is 305 g/mol. The van der Waals surface area contributed by atoms with Gasteiger partial charge < -0.3 is 4.57 Å². The quantitative estimate of drug-likeness (QED) is 0.873. The Morgan fingerprint density at radius 2 is 2.00 bits per heavy atom. The Hall–Kier alpha value is -1.69. The van der Waals surface area contributed by atoms with E-state index in [0.29, 0.717) is 18.0 Å². The summed E-state index contributed by atoms with van der Waals surface area (Å²) in [6.45, 7) is 0. The maximum atomic E-state index is 13.0. The molecule has 1 saturated carbocycles. The standard InChI is InChI=1S/C15H16FN3OS/c1-19-14(10-6-8-11(16)9-7-10)17-18-15(19)21-13-5-3-2-4-12(13)20/h6-9,13H,2-5H2,1H3/t13-/m1/s1. The summed E-state index contributed by atoms with van der Waals surface area (Å²) in [5, 5.41) is 9.06. The number of hydrogen-bond donors (Lipinski definition) is 0. The Morgan fingerprint density at radius 1 is 1.24 bits per heavy atom. The highest BCUT2D eigenvalue weighted by Gasteiger charge is 2.25. The number of Topliss-reactive ketones (excluding diaryl/α,β-unsaturated/α-hetero) is 1. The molecule has 0 aliphatic heterocycles. The molecule has 1 aliphatic carbocycles. The fourth-order valence-electron chi connectivity index (χ4n) is 2.47. The van der Waals surface area contributed by atoms with E-state index in [2.05, 4.69) is 10.2 Å². The molecule has 6 heteroatoms. The number of thioether (sulfide) groups is 1. The SMILES string of the molecule is Cn1c(S[C@@H]2CCCCC2=O)nnc1-c1ccc(F)cc1. The van der Waals surface area contributed by atoms with E-state index in [9.17, 15) is 9.18 Å². The Bertz CT molecular complexity index is 653. The third-order valence-electron chi connectivity index (χ3n) is 3.68. The number of rotatable bonds is 3. The molecule has 0 radical (unpaired) electrons. The zero-order chi connectivity index (χ0) is 14.8. The van der Waals surface area contributed by atoms with Gasteiger partial charge in [0.25, 0.3) is 0 Å². The molecule has 21 heavy (non-hydrogen) atoms. The predicted molar refractivity (Wildman–Crippen MR) is 79.5 cm³/mol. The molecule has 1 aliphatic rings. The van der Waals surface area contributed by atoms with E-state index >= 15 is 0 Å². The smallest absolute Gasteiger partial charge is 0.191 e. The zero-order valence-electron chi connectivity index (χ0n) is 11.8. The minimum Gasteiger partial charge on any atom is -0.305 e. The summed E-state index contributed by atoms with van der Waals surface area (Å²) >= 11 is 1.48.